The molecule has 1 aromatic carbocycles. The molecule has 3 aromatic heterocycles. The monoisotopic (exact) mass is 385 g/mol. The Morgan fingerprint density at radius 3 is 2.62 bits per heavy atom. The van der Waals surface area contributed by atoms with Crippen molar-refractivity contribution >= 4 is 17.1 Å². The van der Waals surface area contributed by atoms with Gasteiger partial charge in [-0.25, -0.2) is 9.97 Å². The summed E-state index contributed by atoms with van der Waals surface area (Å²) in [6.45, 7) is 3.90. The summed E-state index contributed by atoms with van der Waals surface area (Å²) in [6, 6.07) is 17.7. The highest BCUT2D eigenvalue weighted by atomic mass is 16.2. The zero-order valence-corrected chi connectivity index (χ0v) is 16.4. The van der Waals surface area contributed by atoms with Crippen molar-refractivity contribution < 1.29 is 4.79 Å². The van der Waals surface area contributed by atoms with Gasteiger partial charge < -0.3 is 9.47 Å². The number of imidazole rings is 1. The summed E-state index contributed by atoms with van der Waals surface area (Å²) in [5.74, 6) is -0.0514. The number of rotatable bonds is 7. The zero-order valence-electron chi connectivity index (χ0n) is 16.4. The SMILES string of the molecule is CCCN(Cc1ccccn1)C(=O)c1cnc2c(c1)ncn2Cc1ccccc1. The maximum absolute atomic E-state index is 13.1. The summed E-state index contributed by atoms with van der Waals surface area (Å²) >= 11 is 0. The summed E-state index contributed by atoms with van der Waals surface area (Å²) in [5.41, 5.74) is 4.10. The van der Waals surface area contributed by atoms with Gasteiger partial charge in [0.2, 0.25) is 0 Å². The third-order valence-electron chi connectivity index (χ3n) is 4.76. The average Bonchev–Trinajstić information content (AvgIpc) is 3.16. The highest BCUT2D eigenvalue weighted by Gasteiger charge is 2.18. The lowest BCUT2D eigenvalue weighted by atomic mass is 10.2. The molecule has 3 heterocycles. The topological polar surface area (TPSA) is 63.9 Å². The molecule has 0 saturated carbocycles. The predicted molar refractivity (Wildman–Crippen MR) is 112 cm³/mol. The van der Waals surface area contributed by atoms with Crippen LogP contribution in [0.2, 0.25) is 0 Å². The highest BCUT2D eigenvalue weighted by Crippen LogP contribution is 2.16. The van der Waals surface area contributed by atoms with Crippen molar-refractivity contribution in [3.05, 3.63) is 90.1 Å². The van der Waals surface area contributed by atoms with Gasteiger partial charge in [-0.1, -0.05) is 43.3 Å². The fourth-order valence-corrected chi connectivity index (χ4v) is 3.35. The number of carbonyl (C=O) groups excluding carboxylic acids is 1. The second-order valence-electron chi connectivity index (χ2n) is 6.97. The third-order valence-corrected chi connectivity index (χ3v) is 4.76. The van der Waals surface area contributed by atoms with E-state index in [2.05, 4.69) is 34.0 Å². The van der Waals surface area contributed by atoms with Gasteiger partial charge in [-0.3, -0.25) is 9.78 Å². The normalized spacial score (nSPS) is 10.9. The minimum atomic E-state index is -0.0514. The average molecular weight is 385 g/mol. The first-order chi connectivity index (χ1) is 14.2. The quantitative estimate of drug-likeness (QED) is 0.484. The van der Waals surface area contributed by atoms with Gasteiger partial charge >= 0.3 is 0 Å². The predicted octanol–water partition coefficient (Wildman–Crippen LogP) is 3.93. The molecule has 6 nitrogen and oxygen atoms in total. The number of carbonyl (C=O) groups is 1. The largest absolute Gasteiger partial charge is 0.333 e. The molecule has 0 aliphatic carbocycles. The molecule has 0 N–H and O–H groups in total. The van der Waals surface area contributed by atoms with Crippen LogP contribution in [0.5, 0.6) is 0 Å². The van der Waals surface area contributed by atoms with E-state index in [1.807, 2.05) is 51.9 Å². The van der Waals surface area contributed by atoms with E-state index in [4.69, 9.17) is 0 Å². The Hall–Kier alpha value is -3.54. The lowest BCUT2D eigenvalue weighted by molar-refractivity contribution is 0.0741. The molecule has 0 aliphatic rings. The molecule has 0 atom stereocenters. The van der Waals surface area contributed by atoms with Crippen molar-refractivity contribution in [1.29, 1.82) is 0 Å². The number of nitrogens with zero attached hydrogens (tertiary/aromatic N) is 5. The summed E-state index contributed by atoms with van der Waals surface area (Å²) in [6.07, 6.45) is 6.04. The number of aromatic nitrogens is 4. The van der Waals surface area contributed by atoms with Crippen LogP contribution in [-0.4, -0.2) is 36.9 Å². The minimum absolute atomic E-state index is 0.0514. The molecule has 6 heteroatoms. The summed E-state index contributed by atoms with van der Waals surface area (Å²) < 4.78 is 2.00. The molecule has 1 amide bonds. The second-order valence-corrected chi connectivity index (χ2v) is 6.97. The van der Waals surface area contributed by atoms with E-state index in [1.165, 1.54) is 5.56 Å². The van der Waals surface area contributed by atoms with Crippen LogP contribution in [0, 0.1) is 0 Å². The maximum Gasteiger partial charge on any atom is 0.255 e. The van der Waals surface area contributed by atoms with Crippen LogP contribution in [-0.2, 0) is 13.1 Å². The number of hydrogen-bond acceptors (Lipinski definition) is 4. The van der Waals surface area contributed by atoms with Crippen molar-refractivity contribution in [3.8, 4) is 0 Å². The van der Waals surface area contributed by atoms with E-state index in [-0.39, 0.29) is 5.91 Å². The molecule has 29 heavy (non-hydrogen) atoms. The van der Waals surface area contributed by atoms with E-state index in [9.17, 15) is 4.79 Å². The van der Waals surface area contributed by atoms with E-state index < -0.39 is 0 Å². The Bertz CT molecular complexity index is 1090. The van der Waals surface area contributed by atoms with Crippen LogP contribution >= 0.6 is 0 Å². The minimum Gasteiger partial charge on any atom is -0.333 e. The van der Waals surface area contributed by atoms with Crippen molar-refractivity contribution in [3.63, 3.8) is 0 Å². The molecule has 0 bridgehead atoms. The Morgan fingerprint density at radius 1 is 1.03 bits per heavy atom. The van der Waals surface area contributed by atoms with Gasteiger partial charge in [-0.15, -0.1) is 0 Å². The molecule has 4 rings (SSSR count). The molecule has 0 unspecified atom stereocenters. The number of amides is 1. The molecule has 0 fully saturated rings. The van der Waals surface area contributed by atoms with Crippen LogP contribution in [0.1, 0.15) is 35.0 Å². The standard InChI is InChI=1S/C23H23N5O/c1-2-12-27(16-20-10-6-7-11-24-20)23(29)19-13-21-22(25-14-19)28(17-26-21)15-18-8-4-3-5-9-18/h3-11,13-14,17H,2,12,15-16H2,1H3. The van der Waals surface area contributed by atoms with Crippen molar-refractivity contribution in [2.24, 2.45) is 0 Å². The van der Waals surface area contributed by atoms with E-state index in [0.717, 1.165) is 23.3 Å². The van der Waals surface area contributed by atoms with Gasteiger partial charge in [0.05, 0.1) is 30.7 Å². The first-order valence-corrected chi connectivity index (χ1v) is 9.78. The van der Waals surface area contributed by atoms with Gasteiger partial charge in [0.1, 0.15) is 5.52 Å². The molecule has 0 spiro atoms. The molecular weight excluding hydrogens is 362 g/mol. The molecule has 0 saturated heterocycles. The Morgan fingerprint density at radius 2 is 1.86 bits per heavy atom. The summed E-state index contributed by atoms with van der Waals surface area (Å²) in [5, 5.41) is 0. The van der Waals surface area contributed by atoms with Gasteiger partial charge in [0.15, 0.2) is 5.65 Å². The third kappa shape index (κ3) is 4.32. The number of fused-ring (bicyclic) bond motifs is 1. The van der Waals surface area contributed by atoms with Crippen LogP contribution in [0.3, 0.4) is 0 Å². The van der Waals surface area contributed by atoms with Crippen molar-refractivity contribution in [2.75, 3.05) is 6.54 Å². The Kier molecular flexibility index (Phi) is 5.61. The van der Waals surface area contributed by atoms with Gasteiger partial charge in [0, 0.05) is 18.9 Å². The maximum atomic E-state index is 13.1. The molecule has 0 radical (unpaired) electrons. The smallest absolute Gasteiger partial charge is 0.255 e. The van der Waals surface area contributed by atoms with Crippen molar-refractivity contribution in [2.45, 2.75) is 26.4 Å². The van der Waals surface area contributed by atoms with Gasteiger partial charge in [0.25, 0.3) is 5.91 Å². The fourth-order valence-electron chi connectivity index (χ4n) is 3.35. The lowest BCUT2D eigenvalue weighted by Gasteiger charge is -2.21. The van der Waals surface area contributed by atoms with Crippen LogP contribution < -0.4 is 0 Å². The number of pyridine rings is 2. The van der Waals surface area contributed by atoms with Gasteiger partial charge in [-0.2, -0.15) is 0 Å². The molecule has 4 aromatic rings. The van der Waals surface area contributed by atoms with Crippen LogP contribution in [0.25, 0.3) is 11.2 Å². The molecular formula is C23H23N5O. The number of hydrogen-bond donors (Lipinski definition) is 0. The van der Waals surface area contributed by atoms with Crippen LogP contribution in [0.4, 0.5) is 0 Å². The first-order valence-electron chi connectivity index (χ1n) is 9.78. The van der Waals surface area contributed by atoms with E-state index in [1.54, 1.807) is 18.7 Å². The van der Waals surface area contributed by atoms with Crippen LogP contribution in [0.15, 0.2) is 73.3 Å². The fraction of sp³-hybridized carbons (Fsp3) is 0.217. The summed E-state index contributed by atoms with van der Waals surface area (Å²) in [7, 11) is 0. The zero-order chi connectivity index (χ0) is 20.1. The molecule has 0 aliphatic heterocycles. The Balaban J connectivity index is 1.57. The van der Waals surface area contributed by atoms with Crippen molar-refractivity contribution in [1.82, 2.24) is 24.4 Å². The molecule has 146 valence electrons. The lowest BCUT2D eigenvalue weighted by Crippen LogP contribution is -2.31. The Labute approximate surface area is 169 Å². The number of benzene rings is 1. The summed E-state index contributed by atoms with van der Waals surface area (Å²) in [4.78, 5) is 28.3. The van der Waals surface area contributed by atoms with E-state index in [0.29, 0.717) is 25.2 Å². The van der Waals surface area contributed by atoms with Gasteiger partial charge in [-0.05, 0) is 30.2 Å². The highest BCUT2D eigenvalue weighted by molar-refractivity contribution is 5.96. The first kappa shape index (κ1) is 18.8. The second kappa shape index (κ2) is 8.65. The van der Waals surface area contributed by atoms with E-state index >= 15 is 0 Å².